The summed E-state index contributed by atoms with van der Waals surface area (Å²) in [7, 11) is 0. The fraction of sp³-hybridized carbons (Fsp3) is 0.857. The number of nitrogens with zero attached hydrogens (tertiary/aromatic N) is 1. The van der Waals surface area contributed by atoms with E-state index in [-0.39, 0.29) is 18.0 Å². The molecule has 0 aromatic carbocycles. The molecule has 0 bridgehead atoms. The fourth-order valence-electron chi connectivity index (χ4n) is 2.99. The van der Waals surface area contributed by atoms with Gasteiger partial charge < -0.3 is 10.6 Å². The van der Waals surface area contributed by atoms with Crippen molar-refractivity contribution in [2.75, 3.05) is 26.2 Å². The summed E-state index contributed by atoms with van der Waals surface area (Å²) in [6, 6.07) is 0.286. The smallest absolute Gasteiger partial charge is 0.321 e. The third kappa shape index (κ3) is 5.09. The molecule has 0 aromatic rings. The van der Waals surface area contributed by atoms with Gasteiger partial charge in [-0.15, -0.1) is 0 Å². The van der Waals surface area contributed by atoms with Gasteiger partial charge in [0.1, 0.15) is 0 Å². The van der Waals surface area contributed by atoms with Gasteiger partial charge in [0.15, 0.2) is 0 Å². The highest BCUT2D eigenvalue weighted by atomic mass is 16.2. The Bertz CT molecular complexity index is 342. The first-order valence-electron chi connectivity index (χ1n) is 7.69. The molecule has 2 aliphatic rings. The minimum absolute atomic E-state index is 0.215. The SMILES string of the molecule is C[C@@H]1CN(CC(=O)NC(=O)NC2CCCCC2)CCN1. The van der Waals surface area contributed by atoms with Crippen molar-refractivity contribution in [2.24, 2.45) is 0 Å². The summed E-state index contributed by atoms with van der Waals surface area (Å²) < 4.78 is 0. The van der Waals surface area contributed by atoms with Crippen LogP contribution in [-0.2, 0) is 4.79 Å². The molecule has 6 heteroatoms. The maximum atomic E-state index is 11.8. The average molecular weight is 282 g/mol. The number of nitrogens with one attached hydrogen (secondary N) is 3. The largest absolute Gasteiger partial charge is 0.335 e. The Kier molecular flexibility index (Phi) is 5.79. The maximum Gasteiger partial charge on any atom is 0.321 e. The zero-order valence-corrected chi connectivity index (χ0v) is 12.3. The van der Waals surface area contributed by atoms with Crippen LogP contribution in [0.1, 0.15) is 39.0 Å². The van der Waals surface area contributed by atoms with Crippen molar-refractivity contribution in [3.8, 4) is 0 Å². The molecule has 0 unspecified atom stereocenters. The first kappa shape index (κ1) is 15.3. The fourth-order valence-corrected chi connectivity index (χ4v) is 2.99. The summed E-state index contributed by atoms with van der Waals surface area (Å²) in [5, 5.41) is 8.66. The molecule has 0 aromatic heterocycles. The molecule has 6 nitrogen and oxygen atoms in total. The zero-order chi connectivity index (χ0) is 14.4. The van der Waals surface area contributed by atoms with E-state index in [4.69, 9.17) is 0 Å². The molecule has 1 saturated carbocycles. The second-order valence-corrected chi connectivity index (χ2v) is 5.95. The number of piperazine rings is 1. The minimum atomic E-state index is -0.343. The van der Waals surface area contributed by atoms with E-state index in [9.17, 15) is 9.59 Å². The molecule has 2 fully saturated rings. The van der Waals surface area contributed by atoms with Gasteiger partial charge in [-0.05, 0) is 19.8 Å². The predicted molar refractivity (Wildman–Crippen MR) is 77.5 cm³/mol. The summed E-state index contributed by atoms with van der Waals surface area (Å²) in [5.74, 6) is -0.215. The van der Waals surface area contributed by atoms with Crippen LogP contribution in [0.25, 0.3) is 0 Å². The molecule has 1 aliphatic carbocycles. The summed E-state index contributed by atoms with van der Waals surface area (Å²) in [5.41, 5.74) is 0. The second kappa shape index (κ2) is 7.59. The van der Waals surface area contributed by atoms with Gasteiger partial charge >= 0.3 is 6.03 Å². The molecule has 1 aliphatic heterocycles. The Morgan fingerprint density at radius 3 is 2.70 bits per heavy atom. The standard InChI is InChI=1S/C14H26N4O2/c1-11-9-18(8-7-15-11)10-13(19)17-14(20)16-12-5-3-2-4-6-12/h11-12,15H,2-10H2,1H3,(H2,16,17,19,20)/t11-/m1/s1. The Morgan fingerprint density at radius 2 is 2.00 bits per heavy atom. The molecule has 1 saturated heterocycles. The van der Waals surface area contributed by atoms with Crippen LogP contribution >= 0.6 is 0 Å². The topological polar surface area (TPSA) is 73.5 Å². The molecule has 0 radical (unpaired) electrons. The number of hydrogen-bond donors (Lipinski definition) is 3. The van der Waals surface area contributed by atoms with Crippen molar-refractivity contribution in [1.82, 2.24) is 20.9 Å². The van der Waals surface area contributed by atoms with Gasteiger partial charge in [-0.1, -0.05) is 19.3 Å². The zero-order valence-electron chi connectivity index (χ0n) is 12.3. The normalized spacial score (nSPS) is 25.1. The van der Waals surface area contributed by atoms with Gasteiger partial charge in [-0.25, -0.2) is 4.79 Å². The van der Waals surface area contributed by atoms with Crippen LogP contribution in [0.2, 0.25) is 0 Å². The van der Waals surface area contributed by atoms with E-state index in [0.29, 0.717) is 12.6 Å². The number of carbonyl (C=O) groups excluding carboxylic acids is 2. The summed E-state index contributed by atoms with van der Waals surface area (Å²) in [4.78, 5) is 25.7. The van der Waals surface area contributed by atoms with Gasteiger partial charge in [0.25, 0.3) is 0 Å². The third-order valence-corrected chi connectivity index (χ3v) is 4.01. The van der Waals surface area contributed by atoms with Crippen LogP contribution in [0.5, 0.6) is 0 Å². The molecular formula is C14H26N4O2. The minimum Gasteiger partial charge on any atom is -0.335 e. The molecule has 3 N–H and O–H groups in total. The lowest BCUT2D eigenvalue weighted by Gasteiger charge is -2.31. The van der Waals surface area contributed by atoms with Gasteiger partial charge in [0, 0.05) is 31.7 Å². The van der Waals surface area contributed by atoms with E-state index in [1.54, 1.807) is 0 Å². The monoisotopic (exact) mass is 282 g/mol. The van der Waals surface area contributed by atoms with Crippen molar-refractivity contribution >= 4 is 11.9 Å². The molecule has 1 heterocycles. The number of carbonyl (C=O) groups is 2. The van der Waals surface area contributed by atoms with Crippen LogP contribution in [-0.4, -0.2) is 55.1 Å². The highest BCUT2D eigenvalue weighted by Crippen LogP contribution is 2.17. The van der Waals surface area contributed by atoms with E-state index in [0.717, 1.165) is 45.3 Å². The highest BCUT2D eigenvalue weighted by molar-refractivity contribution is 5.95. The first-order valence-corrected chi connectivity index (χ1v) is 7.69. The number of urea groups is 1. The summed E-state index contributed by atoms with van der Waals surface area (Å²) >= 11 is 0. The van der Waals surface area contributed by atoms with E-state index in [1.807, 2.05) is 0 Å². The molecule has 0 spiro atoms. The molecule has 20 heavy (non-hydrogen) atoms. The van der Waals surface area contributed by atoms with Gasteiger partial charge in [0.2, 0.25) is 5.91 Å². The molecule has 1 atom stereocenters. The summed E-state index contributed by atoms with van der Waals surface area (Å²) in [6.45, 7) is 4.98. The number of rotatable bonds is 3. The van der Waals surface area contributed by atoms with Crippen molar-refractivity contribution < 1.29 is 9.59 Å². The van der Waals surface area contributed by atoms with E-state index < -0.39 is 0 Å². The van der Waals surface area contributed by atoms with Crippen LogP contribution in [0, 0.1) is 0 Å². The third-order valence-electron chi connectivity index (χ3n) is 4.01. The first-order chi connectivity index (χ1) is 9.63. The highest BCUT2D eigenvalue weighted by Gasteiger charge is 2.20. The van der Waals surface area contributed by atoms with Gasteiger partial charge in [-0.3, -0.25) is 15.0 Å². The van der Waals surface area contributed by atoms with E-state index in [1.165, 1.54) is 6.42 Å². The lowest BCUT2D eigenvalue weighted by molar-refractivity contribution is -0.121. The Morgan fingerprint density at radius 1 is 1.25 bits per heavy atom. The van der Waals surface area contributed by atoms with Crippen LogP contribution in [0.4, 0.5) is 4.79 Å². The maximum absolute atomic E-state index is 11.8. The van der Waals surface area contributed by atoms with Crippen molar-refractivity contribution in [3.05, 3.63) is 0 Å². The Hall–Kier alpha value is -1.14. The quantitative estimate of drug-likeness (QED) is 0.702. The van der Waals surface area contributed by atoms with Crippen LogP contribution in [0.15, 0.2) is 0 Å². The average Bonchev–Trinajstić information content (AvgIpc) is 2.39. The predicted octanol–water partition coefficient (Wildman–Crippen LogP) is 0.439. The number of imide groups is 1. The molecule has 114 valence electrons. The van der Waals surface area contributed by atoms with Crippen molar-refractivity contribution in [3.63, 3.8) is 0 Å². The second-order valence-electron chi connectivity index (χ2n) is 5.95. The van der Waals surface area contributed by atoms with Crippen molar-refractivity contribution in [2.45, 2.75) is 51.1 Å². The Balaban J connectivity index is 1.66. The number of amides is 3. The Labute approximate surface area is 120 Å². The lowest BCUT2D eigenvalue weighted by Crippen LogP contribution is -2.53. The van der Waals surface area contributed by atoms with Gasteiger partial charge in [0.05, 0.1) is 6.54 Å². The lowest BCUT2D eigenvalue weighted by atomic mass is 9.96. The molecule has 2 rings (SSSR count). The molecular weight excluding hydrogens is 256 g/mol. The molecule has 3 amide bonds. The van der Waals surface area contributed by atoms with Crippen LogP contribution < -0.4 is 16.0 Å². The van der Waals surface area contributed by atoms with E-state index in [2.05, 4.69) is 27.8 Å². The summed E-state index contributed by atoms with van der Waals surface area (Å²) in [6.07, 6.45) is 5.63. The van der Waals surface area contributed by atoms with Crippen LogP contribution in [0.3, 0.4) is 0 Å². The number of hydrogen-bond acceptors (Lipinski definition) is 4. The van der Waals surface area contributed by atoms with Crippen molar-refractivity contribution in [1.29, 1.82) is 0 Å². The van der Waals surface area contributed by atoms with E-state index >= 15 is 0 Å². The van der Waals surface area contributed by atoms with Gasteiger partial charge in [-0.2, -0.15) is 0 Å².